The van der Waals surface area contributed by atoms with E-state index in [9.17, 15) is 9.90 Å². The van der Waals surface area contributed by atoms with E-state index in [-0.39, 0.29) is 19.2 Å². The maximum Gasteiger partial charge on any atom is 0.306 e. The molecule has 0 saturated carbocycles. The number of carbonyl (C=O) groups excluding carboxylic acids is 1. The fourth-order valence-corrected chi connectivity index (χ4v) is 3.72. The summed E-state index contributed by atoms with van der Waals surface area (Å²) in [6.45, 7) is 4.88. The summed E-state index contributed by atoms with van der Waals surface area (Å²) in [5.41, 5.74) is 0. The number of unbranched alkanes of at least 4 members (excludes halogenated alkanes) is 2. The van der Waals surface area contributed by atoms with Gasteiger partial charge in [0.1, 0.15) is 6.10 Å². The van der Waals surface area contributed by atoms with E-state index < -0.39 is 6.10 Å². The molecule has 240 valence electrons. The van der Waals surface area contributed by atoms with Gasteiger partial charge < -0.3 is 14.6 Å². The fraction of sp³-hybridized carbons (Fsp3) is 0.513. The van der Waals surface area contributed by atoms with Gasteiger partial charge in [0.2, 0.25) is 0 Å². The van der Waals surface area contributed by atoms with Crippen LogP contribution in [0.2, 0.25) is 0 Å². The zero-order valence-corrected chi connectivity index (χ0v) is 27.2. The Morgan fingerprint density at radius 3 is 1.33 bits per heavy atom. The number of aliphatic hydroxyl groups excluding tert-OH is 1. The van der Waals surface area contributed by atoms with Crippen LogP contribution < -0.4 is 0 Å². The van der Waals surface area contributed by atoms with Gasteiger partial charge in [-0.25, -0.2) is 0 Å². The van der Waals surface area contributed by atoms with Crippen LogP contribution in [0.1, 0.15) is 104 Å². The number of ether oxygens (including phenoxy) is 2. The summed E-state index contributed by atoms with van der Waals surface area (Å²) in [7, 11) is 0. The van der Waals surface area contributed by atoms with Gasteiger partial charge in [-0.3, -0.25) is 4.79 Å². The van der Waals surface area contributed by atoms with Crippen LogP contribution in [0.3, 0.4) is 0 Å². The number of carbonyl (C=O) groups is 1. The lowest BCUT2D eigenvalue weighted by Gasteiger charge is -2.15. The van der Waals surface area contributed by atoms with E-state index in [1.165, 1.54) is 0 Å². The molecule has 1 atom stereocenters. The van der Waals surface area contributed by atoms with Gasteiger partial charge in [-0.1, -0.05) is 123 Å². The molecule has 1 N–H and O–H groups in total. The molecule has 0 aromatic rings. The molecule has 0 heterocycles. The van der Waals surface area contributed by atoms with Crippen LogP contribution in [0.15, 0.2) is 109 Å². The smallest absolute Gasteiger partial charge is 0.306 e. The summed E-state index contributed by atoms with van der Waals surface area (Å²) in [6, 6.07) is 0. The Hall–Kier alpha value is -2.95. The molecule has 43 heavy (non-hydrogen) atoms. The third kappa shape index (κ3) is 33.4. The number of rotatable bonds is 28. The van der Waals surface area contributed by atoms with E-state index in [2.05, 4.69) is 123 Å². The Balaban J connectivity index is 3.73. The Morgan fingerprint density at radius 2 is 0.930 bits per heavy atom. The first-order valence-electron chi connectivity index (χ1n) is 16.5. The molecule has 0 aromatic carbocycles. The van der Waals surface area contributed by atoms with E-state index in [1.807, 2.05) is 0 Å². The highest BCUT2D eigenvalue weighted by Gasteiger charge is 2.13. The molecule has 0 aliphatic heterocycles. The summed E-state index contributed by atoms with van der Waals surface area (Å²) in [5.74, 6) is -0.283. The summed E-state index contributed by atoms with van der Waals surface area (Å²) in [5, 5.41) is 9.51. The fourth-order valence-electron chi connectivity index (χ4n) is 3.72. The SMILES string of the molecule is CC/C=C\C/C=C\C/C=C\C/C=C\C/C=C\CCCC(=O)OC(CO)COCCC/C=C\C/C=C\C/C=C\C/C=C\CC. The Kier molecular flexibility index (Phi) is 32.8. The van der Waals surface area contributed by atoms with Crippen molar-refractivity contribution < 1.29 is 19.4 Å². The van der Waals surface area contributed by atoms with Crippen LogP contribution in [-0.4, -0.2) is 37.0 Å². The van der Waals surface area contributed by atoms with Gasteiger partial charge in [0, 0.05) is 13.0 Å². The molecule has 0 fully saturated rings. The van der Waals surface area contributed by atoms with Crippen LogP contribution in [0.4, 0.5) is 0 Å². The van der Waals surface area contributed by atoms with Crippen LogP contribution in [0, 0.1) is 0 Å². The lowest BCUT2D eigenvalue weighted by atomic mass is 10.2. The molecular weight excluding hydrogens is 532 g/mol. The monoisotopic (exact) mass is 592 g/mol. The van der Waals surface area contributed by atoms with Gasteiger partial charge >= 0.3 is 5.97 Å². The standard InChI is InChI=1S/C39H60O4/c1-3-5-7-9-11-13-15-17-19-20-21-22-24-26-28-30-32-34-39(41)43-38(36-40)37-42-35-33-31-29-27-25-23-18-16-14-12-10-8-6-4-2/h5-8,11-14,17-19,21-23,26-29,38,40H,3-4,9-10,15-16,20,24-25,30-37H2,1-2H3/b7-5-,8-6-,13-11-,14-12-,19-17-,22-21-,23-18-,28-26-,29-27-. The molecule has 4 heteroatoms. The van der Waals surface area contributed by atoms with Gasteiger partial charge in [-0.15, -0.1) is 0 Å². The quantitative estimate of drug-likeness (QED) is 0.0558. The molecule has 0 aliphatic carbocycles. The van der Waals surface area contributed by atoms with Crippen LogP contribution in [0.5, 0.6) is 0 Å². The maximum atomic E-state index is 12.1. The lowest BCUT2D eigenvalue weighted by Crippen LogP contribution is -2.27. The van der Waals surface area contributed by atoms with E-state index in [0.717, 1.165) is 83.5 Å². The summed E-state index contributed by atoms with van der Waals surface area (Å²) >= 11 is 0. The van der Waals surface area contributed by atoms with Crippen LogP contribution >= 0.6 is 0 Å². The van der Waals surface area contributed by atoms with E-state index in [1.54, 1.807) is 0 Å². The van der Waals surface area contributed by atoms with Crippen LogP contribution in [0.25, 0.3) is 0 Å². The minimum Gasteiger partial charge on any atom is -0.457 e. The van der Waals surface area contributed by atoms with Crippen molar-refractivity contribution in [3.8, 4) is 0 Å². The average Bonchev–Trinajstić information content (AvgIpc) is 3.01. The topological polar surface area (TPSA) is 55.8 Å². The molecule has 0 saturated heterocycles. The van der Waals surface area contributed by atoms with Gasteiger partial charge in [0.25, 0.3) is 0 Å². The van der Waals surface area contributed by atoms with Crippen molar-refractivity contribution in [2.75, 3.05) is 19.8 Å². The molecule has 4 nitrogen and oxygen atoms in total. The third-order valence-corrected chi connectivity index (χ3v) is 6.09. The second-order valence-corrected chi connectivity index (χ2v) is 10.1. The van der Waals surface area contributed by atoms with Gasteiger partial charge in [0.05, 0.1) is 13.2 Å². The summed E-state index contributed by atoms with van der Waals surface area (Å²) in [4.78, 5) is 12.1. The van der Waals surface area contributed by atoms with Gasteiger partial charge in [0.15, 0.2) is 0 Å². The normalized spacial score (nSPS) is 13.8. The zero-order chi connectivity index (χ0) is 31.3. The van der Waals surface area contributed by atoms with E-state index in [0.29, 0.717) is 13.0 Å². The number of hydrogen-bond acceptors (Lipinski definition) is 4. The predicted octanol–water partition coefficient (Wildman–Crippen LogP) is 10.4. The minimum atomic E-state index is -0.599. The Labute approximate surface area is 264 Å². The molecule has 0 aliphatic rings. The van der Waals surface area contributed by atoms with Crippen molar-refractivity contribution in [2.24, 2.45) is 0 Å². The zero-order valence-electron chi connectivity index (χ0n) is 27.2. The average molecular weight is 593 g/mol. The minimum absolute atomic E-state index is 0.225. The number of allylic oxidation sites excluding steroid dienone is 18. The number of hydrogen-bond donors (Lipinski definition) is 1. The third-order valence-electron chi connectivity index (χ3n) is 6.09. The van der Waals surface area contributed by atoms with Crippen molar-refractivity contribution in [3.63, 3.8) is 0 Å². The first-order valence-corrected chi connectivity index (χ1v) is 16.5. The van der Waals surface area contributed by atoms with Crippen molar-refractivity contribution in [1.29, 1.82) is 0 Å². The number of aliphatic hydroxyl groups is 1. The molecule has 0 radical (unpaired) electrons. The largest absolute Gasteiger partial charge is 0.457 e. The van der Waals surface area contributed by atoms with Crippen molar-refractivity contribution in [1.82, 2.24) is 0 Å². The highest BCUT2D eigenvalue weighted by atomic mass is 16.6. The van der Waals surface area contributed by atoms with Gasteiger partial charge in [-0.05, 0) is 83.5 Å². The lowest BCUT2D eigenvalue weighted by molar-refractivity contribution is -0.154. The second kappa shape index (κ2) is 35.2. The predicted molar refractivity (Wildman–Crippen MR) is 186 cm³/mol. The number of esters is 1. The first-order chi connectivity index (χ1) is 21.2. The van der Waals surface area contributed by atoms with Crippen molar-refractivity contribution in [2.45, 2.75) is 110 Å². The molecule has 0 amide bonds. The van der Waals surface area contributed by atoms with E-state index >= 15 is 0 Å². The molecule has 0 spiro atoms. The van der Waals surface area contributed by atoms with Crippen molar-refractivity contribution in [3.05, 3.63) is 109 Å². The van der Waals surface area contributed by atoms with Gasteiger partial charge in [-0.2, -0.15) is 0 Å². The Bertz CT molecular complexity index is 883. The molecule has 0 bridgehead atoms. The molecule has 0 aromatic heterocycles. The second-order valence-electron chi connectivity index (χ2n) is 10.1. The maximum absolute atomic E-state index is 12.1. The Morgan fingerprint density at radius 1 is 0.558 bits per heavy atom. The molecular formula is C39H60O4. The summed E-state index contributed by atoms with van der Waals surface area (Å²) < 4.78 is 11.0. The van der Waals surface area contributed by atoms with Crippen molar-refractivity contribution >= 4 is 5.97 Å². The highest BCUT2D eigenvalue weighted by Crippen LogP contribution is 2.04. The summed E-state index contributed by atoms with van der Waals surface area (Å²) in [6.07, 6.45) is 51.3. The molecule has 0 rings (SSSR count). The van der Waals surface area contributed by atoms with E-state index in [4.69, 9.17) is 9.47 Å². The molecule has 1 unspecified atom stereocenters. The first kappa shape index (κ1) is 40.1. The highest BCUT2D eigenvalue weighted by molar-refractivity contribution is 5.69. The van der Waals surface area contributed by atoms with Crippen LogP contribution in [-0.2, 0) is 14.3 Å².